The van der Waals surface area contributed by atoms with E-state index in [1.165, 1.54) is 11.3 Å². The monoisotopic (exact) mass is 434 g/mol. The second-order valence-corrected chi connectivity index (χ2v) is 8.68. The molecule has 4 rings (SSSR count). The number of fused-ring (bicyclic) bond motifs is 1. The van der Waals surface area contributed by atoms with Crippen LogP contribution in [0.2, 0.25) is 0 Å². The van der Waals surface area contributed by atoms with Crippen molar-refractivity contribution in [2.24, 2.45) is 0 Å². The molecule has 0 aliphatic heterocycles. The predicted molar refractivity (Wildman–Crippen MR) is 118 cm³/mol. The second kappa shape index (κ2) is 9.07. The fourth-order valence-corrected chi connectivity index (χ4v) is 4.74. The Hall–Kier alpha value is -3.22. The molecule has 30 heavy (non-hydrogen) atoms. The summed E-state index contributed by atoms with van der Waals surface area (Å²) in [7, 11) is 0. The van der Waals surface area contributed by atoms with Gasteiger partial charge in [-0.2, -0.15) is 5.26 Å². The van der Waals surface area contributed by atoms with Gasteiger partial charge in [0.15, 0.2) is 4.34 Å². The molecule has 0 spiro atoms. The fraction of sp³-hybridized carbons (Fsp3) is 0.190. The number of aryl methyl sites for hydroxylation is 1. The van der Waals surface area contributed by atoms with Gasteiger partial charge >= 0.3 is 0 Å². The van der Waals surface area contributed by atoms with Crippen LogP contribution in [0.4, 0.5) is 5.13 Å². The number of aromatic nitrogens is 4. The first kappa shape index (κ1) is 20.1. The maximum Gasteiger partial charge on any atom is 0.246 e. The van der Waals surface area contributed by atoms with E-state index in [4.69, 9.17) is 5.26 Å². The Morgan fingerprint density at radius 1 is 1.20 bits per heavy atom. The molecule has 0 saturated carbocycles. The number of nitrogens with zero attached hydrogens (tertiary/aromatic N) is 5. The number of thioether (sulfide) groups is 1. The van der Waals surface area contributed by atoms with Crippen molar-refractivity contribution in [1.82, 2.24) is 19.7 Å². The summed E-state index contributed by atoms with van der Waals surface area (Å²) < 4.78 is 2.71. The SMILES string of the molecule is CCc1nc2ccccc2n1CC(=O)Nc1nnc(SCc2ccc(C#N)cc2)s1. The van der Waals surface area contributed by atoms with Crippen LogP contribution in [-0.4, -0.2) is 25.7 Å². The summed E-state index contributed by atoms with van der Waals surface area (Å²) in [6.45, 7) is 2.20. The summed E-state index contributed by atoms with van der Waals surface area (Å²) >= 11 is 2.89. The number of nitriles is 1. The van der Waals surface area contributed by atoms with Crippen LogP contribution >= 0.6 is 23.1 Å². The lowest BCUT2D eigenvalue weighted by Gasteiger charge is -2.07. The molecule has 0 fully saturated rings. The van der Waals surface area contributed by atoms with Gasteiger partial charge in [-0.25, -0.2) is 4.98 Å². The molecule has 2 heterocycles. The number of rotatable bonds is 7. The molecule has 0 radical (unpaired) electrons. The van der Waals surface area contributed by atoms with Crippen LogP contribution in [0.5, 0.6) is 0 Å². The zero-order chi connectivity index (χ0) is 20.9. The number of hydrogen-bond acceptors (Lipinski definition) is 7. The number of amides is 1. The second-order valence-electron chi connectivity index (χ2n) is 6.48. The van der Waals surface area contributed by atoms with Gasteiger partial charge in [-0.15, -0.1) is 10.2 Å². The third-order valence-corrected chi connectivity index (χ3v) is 6.49. The van der Waals surface area contributed by atoms with Crippen LogP contribution in [0.1, 0.15) is 23.9 Å². The molecule has 150 valence electrons. The third kappa shape index (κ3) is 4.50. The molecule has 0 unspecified atom stereocenters. The van der Waals surface area contributed by atoms with E-state index >= 15 is 0 Å². The van der Waals surface area contributed by atoms with Crippen LogP contribution in [-0.2, 0) is 23.5 Å². The molecule has 0 bridgehead atoms. The highest BCUT2D eigenvalue weighted by Crippen LogP contribution is 2.28. The lowest BCUT2D eigenvalue weighted by Crippen LogP contribution is -2.20. The smallest absolute Gasteiger partial charge is 0.246 e. The largest absolute Gasteiger partial charge is 0.318 e. The number of carbonyl (C=O) groups is 1. The van der Waals surface area contributed by atoms with E-state index in [2.05, 4.69) is 26.6 Å². The summed E-state index contributed by atoms with van der Waals surface area (Å²) in [6.07, 6.45) is 0.747. The first-order valence-corrected chi connectivity index (χ1v) is 11.2. The first-order chi connectivity index (χ1) is 14.7. The molecule has 9 heteroatoms. The highest BCUT2D eigenvalue weighted by molar-refractivity contribution is 8.00. The molecule has 2 aromatic carbocycles. The van der Waals surface area contributed by atoms with Gasteiger partial charge in [-0.05, 0) is 29.8 Å². The standard InChI is InChI=1S/C21H18N6OS2/c1-2-18-23-16-5-3-4-6-17(16)27(18)12-19(28)24-20-25-26-21(30-20)29-13-15-9-7-14(11-22)8-10-15/h3-10H,2,12-13H2,1H3,(H,24,25,28). The summed E-state index contributed by atoms with van der Waals surface area (Å²) in [6, 6.07) is 17.4. The minimum atomic E-state index is -0.160. The number of imidazole rings is 1. The summed E-state index contributed by atoms with van der Waals surface area (Å²) in [5.41, 5.74) is 3.57. The number of benzene rings is 2. The summed E-state index contributed by atoms with van der Waals surface area (Å²) in [4.78, 5) is 17.2. The van der Waals surface area contributed by atoms with E-state index in [9.17, 15) is 4.79 Å². The Morgan fingerprint density at radius 3 is 2.77 bits per heavy atom. The Labute approximate surface area is 181 Å². The van der Waals surface area contributed by atoms with E-state index in [0.717, 1.165) is 38.9 Å². The van der Waals surface area contributed by atoms with Crippen molar-refractivity contribution in [3.63, 3.8) is 0 Å². The average Bonchev–Trinajstić information content (AvgIpc) is 3.37. The third-order valence-electron chi connectivity index (χ3n) is 4.45. The van der Waals surface area contributed by atoms with Gasteiger partial charge in [0.1, 0.15) is 12.4 Å². The van der Waals surface area contributed by atoms with E-state index in [1.54, 1.807) is 23.9 Å². The van der Waals surface area contributed by atoms with Crippen LogP contribution in [0.25, 0.3) is 11.0 Å². The van der Waals surface area contributed by atoms with Gasteiger partial charge in [0.25, 0.3) is 0 Å². The molecule has 1 amide bonds. The molecule has 2 aromatic heterocycles. The van der Waals surface area contributed by atoms with Gasteiger partial charge < -0.3 is 4.57 Å². The maximum atomic E-state index is 12.6. The highest BCUT2D eigenvalue weighted by atomic mass is 32.2. The van der Waals surface area contributed by atoms with Gasteiger partial charge in [0.2, 0.25) is 11.0 Å². The minimum absolute atomic E-state index is 0.160. The molecule has 4 aromatic rings. The van der Waals surface area contributed by atoms with Crippen molar-refractivity contribution < 1.29 is 4.79 Å². The summed E-state index contributed by atoms with van der Waals surface area (Å²) in [5.74, 6) is 1.43. The maximum absolute atomic E-state index is 12.6. The van der Waals surface area contributed by atoms with Gasteiger partial charge in [-0.3, -0.25) is 10.1 Å². The number of hydrogen-bond donors (Lipinski definition) is 1. The Bertz CT molecular complexity index is 1220. The van der Waals surface area contributed by atoms with Crippen LogP contribution < -0.4 is 5.32 Å². The van der Waals surface area contributed by atoms with Crippen molar-refractivity contribution in [3.05, 3.63) is 65.5 Å². The van der Waals surface area contributed by atoms with E-state index < -0.39 is 0 Å². The molecule has 0 aliphatic carbocycles. The predicted octanol–water partition coefficient (Wildman–Crippen LogP) is 4.25. The van der Waals surface area contributed by atoms with Crippen molar-refractivity contribution in [2.45, 2.75) is 30.0 Å². The van der Waals surface area contributed by atoms with Crippen LogP contribution in [0.15, 0.2) is 52.9 Å². The average molecular weight is 435 g/mol. The van der Waals surface area contributed by atoms with Crippen molar-refractivity contribution in [3.8, 4) is 6.07 Å². The first-order valence-electron chi connectivity index (χ1n) is 9.35. The van der Waals surface area contributed by atoms with Gasteiger partial charge in [0.05, 0.1) is 22.7 Å². The lowest BCUT2D eigenvalue weighted by atomic mass is 10.2. The lowest BCUT2D eigenvalue weighted by molar-refractivity contribution is -0.116. The quantitative estimate of drug-likeness (QED) is 0.345. The zero-order valence-corrected chi connectivity index (χ0v) is 17.8. The Kier molecular flexibility index (Phi) is 6.07. The normalized spacial score (nSPS) is 10.8. The van der Waals surface area contributed by atoms with E-state index in [-0.39, 0.29) is 12.5 Å². The van der Waals surface area contributed by atoms with Gasteiger partial charge in [0, 0.05) is 12.2 Å². The zero-order valence-electron chi connectivity index (χ0n) is 16.2. The van der Waals surface area contributed by atoms with Crippen LogP contribution in [0.3, 0.4) is 0 Å². The van der Waals surface area contributed by atoms with E-state index in [1.807, 2.05) is 47.9 Å². The molecule has 7 nitrogen and oxygen atoms in total. The van der Waals surface area contributed by atoms with E-state index in [0.29, 0.717) is 10.7 Å². The van der Waals surface area contributed by atoms with Crippen LogP contribution in [0, 0.1) is 11.3 Å². The van der Waals surface area contributed by atoms with Crippen molar-refractivity contribution in [2.75, 3.05) is 5.32 Å². The molecule has 0 aliphatic rings. The number of para-hydroxylation sites is 2. The topological polar surface area (TPSA) is 96.5 Å². The molecule has 0 atom stereocenters. The number of anilines is 1. The molecule has 1 N–H and O–H groups in total. The summed E-state index contributed by atoms with van der Waals surface area (Å²) in [5, 5.41) is 20.4. The van der Waals surface area contributed by atoms with Crippen molar-refractivity contribution in [1.29, 1.82) is 5.26 Å². The molecule has 0 saturated heterocycles. The minimum Gasteiger partial charge on any atom is -0.318 e. The Balaban J connectivity index is 1.38. The fourth-order valence-electron chi connectivity index (χ4n) is 3.01. The number of carbonyl (C=O) groups excluding carboxylic acids is 1. The van der Waals surface area contributed by atoms with Gasteiger partial charge in [-0.1, -0.05) is 54.3 Å². The Morgan fingerprint density at radius 2 is 2.00 bits per heavy atom. The molecular formula is C21H18N6OS2. The van der Waals surface area contributed by atoms with Crippen molar-refractivity contribution >= 4 is 45.2 Å². The molecular weight excluding hydrogens is 416 g/mol. The highest BCUT2D eigenvalue weighted by Gasteiger charge is 2.14. The number of nitrogens with one attached hydrogen (secondary N) is 1.